The minimum Gasteiger partial charge on any atom is -0.302 e. The van der Waals surface area contributed by atoms with Crippen LogP contribution in [0.5, 0.6) is 0 Å². The van der Waals surface area contributed by atoms with Crippen LogP contribution in [0.4, 0.5) is 0 Å². The highest BCUT2D eigenvalue weighted by molar-refractivity contribution is 6.30. The molecule has 1 aromatic carbocycles. The molecule has 0 radical (unpaired) electrons. The van der Waals surface area contributed by atoms with Crippen LogP contribution in [0, 0.1) is 18.3 Å². The van der Waals surface area contributed by atoms with Gasteiger partial charge in [-0.15, -0.1) is 12.3 Å². The highest BCUT2D eigenvalue weighted by Crippen LogP contribution is 2.22. The Kier molecular flexibility index (Phi) is 5.11. The van der Waals surface area contributed by atoms with Crippen molar-refractivity contribution < 1.29 is 0 Å². The van der Waals surface area contributed by atoms with E-state index in [1.807, 2.05) is 12.1 Å². The molecule has 1 saturated heterocycles. The van der Waals surface area contributed by atoms with Crippen molar-refractivity contribution in [3.8, 4) is 12.3 Å². The lowest BCUT2D eigenvalue weighted by Gasteiger charge is -2.31. The summed E-state index contributed by atoms with van der Waals surface area (Å²) in [6.45, 7) is 3.45. The van der Waals surface area contributed by atoms with Crippen molar-refractivity contribution in [1.29, 1.82) is 0 Å². The van der Waals surface area contributed by atoms with E-state index in [9.17, 15) is 0 Å². The monoisotopic (exact) mass is 261 g/mol. The first-order chi connectivity index (χ1) is 8.78. The summed E-state index contributed by atoms with van der Waals surface area (Å²) in [5.74, 6) is 3.53. The molecular formula is C16H20ClN. The van der Waals surface area contributed by atoms with E-state index in [1.54, 1.807) is 0 Å². The lowest BCUT2D eigenvalue weighted by Crippen LogP contribution is -2.34. The van der Waals surface area contributed by atoms with E-state index in [-0.39, 0.29) is 0 Å². The first-order valence-electron chi connectivity index (χ1n) is 6.68. The number of benzene rings is 1. The molecule has 2 heteroatoms. The van der Waals surface area contributed by atoms with Crippen molar-refractivity contribution in [1.82, 2.24) is 4.90 Å². The van der Waals surface area contributed by atoms with Crippen molar-refractivity contribution >= 4 is 11.6 Å². The van der Waals surface area contributed by atoms with E-state index < -0.39 is 0 Å². The second kappa shape index (κ2) is 6.83. The minimum atomic E-state index is 0.813. The summed E-state index contributed by atoms with van der Waals surface area (Å²) in [6.07, 6.45) is 9.93. The van der Waals surface area contributed by atoms with Gasteiger partial charge < -0.3 is 4.90 Å². The van der Waals surface area contributed by atoms with E-state index >= 15 is 0 Å². The van der Waals surface area contributed by atoms with Gasteiger partial charge in [0.25, 0.3) is 0 Å². The van der Waals surface area contributed by atoms with Crippen LogP contribution < -0.4 is 0 Å². The Bertz CT molecular complexity index is 396. The van der Waals surface area contributed by atoms with E-state index in [1.165, 1.54) is 37.9 Å². The molecule has 1 heterocycles. The topological polar surface area (TPSA) is 3.24 Å². The molecule has 2 rings (SSSR count). The molecule has 1 nitrogen and oxygen atoms in total. The third-order valence-electron chi connectivity index (χ3n) is 3.72. The fourth-order valence-corrected chi connectivity index (χ4v) is 2.72. The smallest absolute Gasteiger partial charge is 0.0406 e. The Morgan fingerprint density at radius 2 is 1.89 bits per heavy atom. The fraction of sp³-hybridized carbons (Fsp3) is 0.500. The number of hydrogen-bond acceptors (Lipinski definition) is 1. The van der Waals surface area contributed by atoms with Crippen LogP contribution >= 0.6 is 11.6 Å². The normalized spacial score (nSPS) is 17.6. The number of hydrogen-bond donors (Lipinski definition) is 0. The van der Waals surface area contributed by atoms with Crippen LogP contribution in [0.2, 0.25) is 5.02 Å². The summed E-state index contributed by atoms with van der Waals surface area (Å²) >= 11 is 5.90. The molecule has 1 fully saturated rings. The molecule has 0 unspecified atom stereocenters. The fourth-order valence-electron chi connectivity index (χ4n) is 2.59. The maximum atomic E-state index is 5.90. The van der Waals surface area contributed by atoms with Gasteiger partial charge in [-0.1, -0.05) is 23.7 Å². The van der Waals surface area contributed by atoms with E-state index in [0.717, 1.165) is 23.9 Å². The van der Waals surface area contributed by atoms with Gasteiger partial charge in [0.1, 0.15) is 0 Å². The van der Waals surface area contributed by atoms with E-state index in [0.29, 0.717) is 0 Å². The number of terminal acetylenes is 1. The minimum absolute atomic E-state index is 0.813. The summed E-state index contributed by atoms with van der Waals surface area (Å²) in [6, 6.07) is 8.26. The van der Waals surface area contributed by atoms with Gasteiger partial charge in [-0.25, -0.2) is 0 Å². The lowest BCUT2D eigenvalue weighted by atomic mass is 9.90. The zero-order valence-electron chi connectivity index (χ0n) is 10.7. The molecule has 96 valence electrons. The summed E-state index contributed by atoms with van der Waals surface area (Å²) in [7, 11) is 0. The summed E-state index contributed by atoms with van der Waals surface area (Å²) in [5.41, 5.74) is 1.40. The summed E-state index contributed by atoms with van der Waals surface area (Å²) < 4.78 is 0. The van der Waals surface area contributed by atoms with E-state index in [2.05, 4.69) is 23.0 Å². The molecule has 0 amide bonds. The molecule has 0 aliphatic carbocycles. The zero-order valence-corrected chi connectivity index (χ0v) is 11.5. The molecule has 0 saturated carbocycles. The van der Waals surface area contributed by atoms with Crippen LogP contribution in [-0.2, 0) is 6.42 Å². The van der Waals surface area contributed by atoms with Crippen molar-refractivity contribution in [2.24, 2.45) is 5.92 Å². The molecule has 1 aromatic rings. The van der Waals surface area contributed by atoms with Crippen molar-refractivity contribution in [3.05, 3.63) is 34.9 Å². The Morgan fingerprint density at radius 3 is 2.50 bits per heavy atom. The number of likely N-dealkylation sites (tertiary alicyclic amines) is 1. The van der Waals surface area contributed by atoms with Crippen LogP contribution in [0.25, 0.3) is 0 Å². The molecule has 0 bridgehead atoms. The third-order valence-corrected chi connectivity index (χ3v) is 3.97. The van der Waals surface area contributed by atoms with Gasteiger partial charge in [0.15, 0.2) is 0 Å². The van der Waals surface area contributed by atoms with Gasteiger partial charge in [-0.05, 0) is 56.0 Å². The molecule has 1 aliphatic heterocycles. The molecule has 0 spiro atoms. The molecule has 0 aromatic heterocycles. The summed E-state index contributed by atoms with van der Waals surface area (Å²) in [4.78, 5) is 2.48. The van der Waals surface area contributed by atoms with Crippen LogP contribution in [0.15, 0.2) is 24.3 Å². The van der Waals surface area contributed by atoms with Crippen LogP contribution in [0.1, 0.15) is 24.8 Å². The first kappa shape index (κ1) is 13.5. The number of piperidine rings is 1. The number of halogens is 1. The highest BCUT2D eigenvalue weighted by Gasteiger charge is 2.18. The third kappa shape index (κ3) is 4.05. The molecule has 18 heavy (non-hydrogen) atoms. The average molecular weight is 262 g/mol. The SMILES string of the molecule is C#CCCN1CCC(Cc2ccc(Cl)cc2)CC1. The standard InChI is InChI=1S/C16H20ClN/c1-2-3-10-18-11-8-15(9-12-18)13-14-4-6-16(17)7-5-14/h1,4-7,15H,3,8-13H2. The Morgan fingerprint density at radius 1 is 1.22 bits per heavy atom. The second-order valence-corrected chi connectivity index (χ2v) is 5.51. The van der Waals surface area contributed by atoms with Crippen molar-refractivity contribution in [2.75, 3.05) is 19.6 Å². The molecule has 0 atom stereocenters. The number of nitrogens with zero attached hydrogens (tertiary/aromatic N) is 1. The quantitative estimate of drug-likeness (QED) is 0.749. The van der Waals surface area contributed by atoms with Gasteiger partial charge in [0.05, 0.1) is 0 Å². The van der Waals surface area contributed by atoms with Crippen LogP contribution in [-0.4, -0.2) is 24.5 Å². The predicted octanol–water partition coefficient (Wildman–Crippen LogP) is 3.62. The van der Waals surface area contributed by atoms with Crippen LogP contribution in [0.3, 0.4) is 0 Å². The van der Waals surface area contributed by atoms with E-state index in [4.69, 9.17) is 18.0 Å². The number of rotatable bonds is 4. The van der Waals surface area contributed by atoms with Gasteiger partial charge in [0, 0.05) is 18.0 Å². The first-order valence-corrected chi connectivity index (χ1v) is 7.06. The van der Waals surface area contributed by atoms with Gasteiger partial charge >= 0.3 is 0 Å². The zero-order chi connectivity index (χ0) is 12.8. The van der Waals surface area contributed by atoms with Crippen molar-refractivity contribution in [3.63, 3.8) is 0 Å². The average Bonchev–Trinajstić information content (AvgIpc) is 2.41. The van der Waals surface area contributed by atoms with Gasteiger partial charge in [0.2, 0.25) is 0 Å². The van der Waals surface area contributed by atoms with Gasteiger partial charge in [-0.3, -0.25) is 0 Å². The largest absolute Gasteiger partial charge is 0.302 e. The highest BCUT2D eigenvalue weighted by atomic mass is 35.5. The Hall–Kier alpha value is -0.970. The maximum Gasteiger partial charge on any atom is 0.0406 e. The Labute approximate surface area is 115 Å². The predicted molar refractivity (Wildman–Crippen MR) is 77.8 cm³/mol. The molecule has 0 N–H and O–H groups in total. The Balaban J connectivity index is 1.76. The maximum absolute atomic E-state index is 5.90. The second-order valence-electron chi connectivity index (χ2n) is 5.07. The summed E-state index contributed by atoms with van der Waals surface area (Å²) in [5, 5.41) is 0.822. The molecular weight excluding hydrogens is 242 g/mol. The van der Waals surface area contributed by atoms with Crippen molar-refractivity contribution in [2.45, 2.75) is 25.7 Å². The van der Waals surface area contributed by atoms with Gasteiger partial charge in [-0.2, -0.15) is 0 Å². The lowest BCUT2D eigenvalue weighted by molar-refractivity contribution is 0.187. The molecule has 1 aliphatic rings.